The molecule has 1 saturated heterocycles. The average Bonchev–Trinajstić information content (AvgIpc) is 2.94. The van der Waals surface area contributed by atoms with Crippen LogP contribution in [0.15, 0.2) is 109 Å². The molecular weight excluding hydrogens is 460 g/mol. The van der Waals surface area contributed by atoms with Crippen molar-refractivity contribution in [3.63, 3.8) is 0 Å². The molecular formula is C32H34N2O3. The highest BCUT2D eigenvalue weighted by Crippen LogP contribution is 2.38. The van der Waals surface area contributed by atoms with Gasteiger partial charge in [0.2, 0.25) is 0 Å². The van der Waals surface area contributed by atoms with Crippen LogP contribution in [0.2, 0.25) is 0 Å². The maximum Gasteiger partial charge on any atom is 0.185 e. The number of anilines is 1. The molecule has 1 aliphatic rings. The third-order valence-electron chi connectivity index (χ3n) is 6.76. The van der Waals surface area contributed by atoms with Gasteiger partial charge in [0, 0.05) is 37.3 Å². The summed E-state index contributed by atoms with van der Waals surface area (Å²) in [6, 6.07) is 36.8. The Morgan fingerprint density at radius 2 is 1.35 bits per heavy atom. The molecule has 0 aliphatic carbocycles. The van der Waals surface area contributed by atoms with Crippen LogP contribution in [0.4, 0.5) is 5.69 Å². The summed E-state index contributed by atoms with van der Waals surface area (Å²) in [5.41, 5.74) is 12.2. The van der Waals surface area contributed by atoms with E-state index in [1.807, 2.05) is 48.5 Å². The first kappa shape index (κ1) is 25.2. The van der Waals surface area contributed by atoms with Gasteiger partial charge in [0.25, 0.3) is 0 Å². The maximum atomic E-state index is 9.47. The molecule has 0 amide bonds. The summed E-state index contributed by atoms with van der Waals surface area (Å²) in [5, 5.41) is 9.47. The fourth-order valence-corrected chi connectivity index (χ4v) is 4.89. The van der Waals surface area contributed by atoms with Gasteiger partial charge in [-0.15, -0.1) is 0 Å². The van der Waals surface area contributed by atoms with E-state index in [0.29, 0.717) is 5.69 Å². The smallest absolute Gasteiger partial charge is 0.185 e. The minimum Gasteiger partial charge on any atom is -0.399 e. The van der Waals surface area contributed by atoms with Crippen molar-refractivity contribution < 1.29 is 14.6 Å². The Bertz CT molecular complexity index is 1210. The fraction of sp³-hybridized carbons (Fsp3) is 0.250. The van der Waals surface area contributed by atoms with E-state index in [-0.39, 0.29) is 18.8 Å². The Hall–Kier alpha value is -3.48. The van der Waals surface area contributed by atoms with Gasteiger partial charge in [0.15, 0.2) is 6.29 Å². The third kappa shape index (κ3) is 6.85. The molecule has 0 unspecified atom stereocenters. The largest absolute Gasteiger partial charge is 0.399 e. The number of hydrogen-bond acceptors (Lipinski definition) is 5. The van der Waals surface area contributed by atoms with E-state index in [0.717, 1.165) is 42.7 Å². The summed E-state index contributed by atoms with van der Waals surface area (Å²) < 4.78 is 13.0. The topological polar surface area (TPSA) is 68.0 Å². The lowest BCUT2D eigenvalue weighted by Crippen LogP contribution is -2.39. The van der Waals surface area contributed by atoms with Gasteiger partial charge in [-0.3, -0.25) is 4.90 Å². The van der Waals surface area contributed by atoms with E-state index in [9.17, 15) is 5.11 Å². The highest BCUT2D eigenvalue weighted by atomic mass is 16.7. The van der Waals surface area contributed by atoms with Crippen LogP contribution in [0.5, 0.6) is 0 Å². The molecule has 4 aromatic rings. The Labute approximate surface area is 219 Å². The predicted molar refractivity (Wildman–Crippen MR) is 146 cm³/mol. The van der Waals surface area contributed by atoms with Gasteiger partial charge in [-0.05, 0) is 34.4 Å². The second-order valence-corrected chi connectivity index (χ2v) is 9.66. The van der Waals surface area contributed by atoms with Crippen LogP contribution >= 0.6 is 0 Å². The van der Waals surface area contributed by atoms with Crippen LogP contribution in [-0.4, -0.2) is 22.7 Å². The number of ether oxygens (including phenoxy) is 2. The first-order valence-corrected chi connectivity index (χ1v) is 12.8. The second-order valence-electron chi connectivity index (χ2n) is 9.66. The summed E-state index contributed by atoms with van der Waals surface area (Å²) >= 11 is 0. The molecule has 1 heterocycles. The van der Waals surface area contributed by atoms with Gasteiger partial charge < -0.3 is 20.3 Å². The van der Waals surface area contributed by atoms with Crippen molar-refractivity contribution in [1.29, 1.82) is 0 Å². The summed E-state index contributed by atoms with van der Waals surface area (Å²) in [4.78, 5) is 2.45. The lowest BCUT2D eigenvalue weighted by atomic mass is 9.99. The quantitative estimate of drug-likeness (QED) is 0.279. The number of nitrogens with two attached hydrogens (primary N) is 1. The molecule has 1 aliphatic heterocycles. The Morgan fingerprint density at radius 1 is 0.703 bits per heavy atom. The van der Waals surface area contributed by atoms with Crippen molar-refractivity contribution in [2.45, 2.75) is 44.6 Å². The molecule has 0 bridgehead atoms. The van der Waals surface area contributed by atoms with Gasteiger partial charge in [-0.25, -0.2) is 0 Å². The van der Waals surface area contributed by atoms with Gasteiger partial charge in [-0.1, -0.05) is 97.1 Å². The molecule has 5 rings (SSSR count). The first-order chi connectivity index (χ1) is 18.2. The molecule has 0 spiro atoms. The summed E-state index contributed by atoms with van der Waals surface area (Å²) in [6.45, 7) is 2.44. The van der Waals surface area contributed by atoms with Crippen LogP contribution in [0.1, 0.15) is 46.6 Å². The van der Waals surface area contributed by atoms with Crippen molar-refractivity contribution in [3.05, 3.63) is 137 Å². The SMILES string of the molecule is Nc1cccc([C@@H]2O[C@H](CN(Cc3ccccc3)Cc3ccccc3)C[C@H](c3ccc(CO)cc3)O2)c1. The molecule has 5 heteroatoms. The molecule has 190 valence electrons. The van der Waals surface area contributed by atoms with E-state index < -0.39 is 6.29 Å². The molecule has 0 aromatic heterocycles. The normalized spacial score (nSPS) is 19.7. The number of nitrogens with zero attached hydrogens (tertiary/aromatic N) is 1. The van der Waals surface area contributed by atoms with Crippen LogP contribution in [0.25, 0.3) is 0 Å². The number of aliphatic hydroxyl groups excluding tert-OH is 1. The number of rotatable bonds is 9. The van der Waals surface area contributed by atoms with Crippen LogP contribution < -0.4 is 5.73 Å². The lowest BCUT2D eigenvalue weighted by molar-refractivity contribution is -0.253. The molecule has 0 radical (unpaired) electrons. The molecule has 1 fully saturated rings. The second kappa shape index (κ2) is 12.2. The standard InChI is InChI=1S/C32H34N2O3/c33-29-13-7-12-28(18-29)32-36-30(19-31(37-32)27-16-14-26(23-35)15-17-27)22-34(20-24-8-3-1-4-9-24)21-25-10-5-2-6-11-25/h1-18,30-32,35H,19-23,33H2/t30-,31+,32+/m0/s1. The van der Waals surface area contributed by atoms with Crippen molar-refractivity contribution in [3.8, 4) is 0 Å². The van der Waals surface area contributed by atoms with Crippen molar-refractivity contribution in [2.24, 2.45) is 0 Å². The fourth-order valence-electron chi connectivity index (χ4n) is 4.89. The van der Waals surface area contributed by atoms with E-state index in [2.05, 4.69) is 65.6 Å². The summed E-state index contributed by atoms with van der Waals surface area (Å²) in [5.74, 6) is 0. The van der Waals surface area contributed by atoms with E-state index >= 15 is 0 Å². The van der Waals surface area contributed by atoms with Crippen molar-refractivity contribution >= 4 is 5.69 Å². The first-order valence-electron chi connectivity index (χ1n) is 12.8. The average molecular weight is 495 g/mol. The summed E-state index contributed by atoms with van der Waals surface area (Å²) in [7, 11) is 0. The highest BCUT2D eigenvalue weighted by molar-refractivity contribution is 5.41. The zero-order valence-electron chi connectivity index (χ0n) is 20.9. The highest BCUT2D eigenvalue weighted by Gasteiger charge is 2.33. The van der Waals surface area contributed by atoms with E-state index in [1.54, 1.807) is 0 Å². The summed E-state index contributed by atoms with van der Waals surface area (Å²) in [6.07, 6.45) is 0.0422. The van der Waals surface area contributed by atoms with Crippen LogP contribution in [-0.2, 0) is 29.2 Å². The molecule has 4 aromatic carbocycles. The lowest BCUT2D eigenvalue weighted by Gasteiger charge is -2.38. The van der Waals surface area contributed by atoms with Crippen LogP contribution in [0, 0.1) is 0 Å². The van der Waals surface area contributed by atoms with Gasteiger partial charge >= 0.3 is 0 Å². The zero-order chi connectivity index (χ0) is 25.5. The molecule has 3 N–H and O–H groups in total. The van der Waals surface area contributed by atoms with Crippen LogP contribution in [0.3, 0.4) is 0 Å². The molecule has 3 atom stereocenters. The van der Waals surface area contributed by atoms with Gasteiger partial charge in [0.1, 0.15) is 0 Å². The molecule has 37 heavy (non-hydrogen) atoms. The Balaban J connectivity index is 1.40. The number of aliphatic hydroxyl groups is 1. The minimum absolute atomic E-state index is 0.0252. The maximum absolute atomic E-state index is 9.47. The zero-order valence-corrected chi connectivity index (χ0v) is 20.9. The van der Waals surface area contributed by atoms with Gasteiger partial charge in [0.05, 0.1) is 18.8 Å². The molecule has 5 nitrogen and oxygen atoms in total. The number of hydrogen-bond donors (Lipinski definition) is 2. The van der Waals surface area contributed by atoms with Gasteiger partial charge in [-0.2, -0.15) is 0 Å². The van der Waals surface area contributed by atoms with E-state index in [1.165, 1.54) is 11.1 Å². The monoisotopic (exact) mass is 494 g/mol. The van der Waals surface area contributed by atoms with Crippen molar-refractivity contribution in [2.75, 3.05) is 12.3 Å². The number of nitrogen functional groups attached to an aromatic ring is 1. The number of benzene rings is 4. The Morgan fingerprint density at radius 3 is 1.95 bits per heavy atom. The van der Waals surface area contributed by atoms with E-state index in [4.69, 9.17) is 15.2 Å². The minimum atomic E-state index is -0.514. The van der Waals surface area contributed by atoms with Crippen molar-refractivity contribution in [1.82, 2.24) is 4.90 Å². The Kier molecular flexibility index (Phi) is 8.28. The predicted octanol–water partition coefficient (Wildman–Crippen LogP) is 6.01. The third-order valence-corrected chi connectivity index (χ3v) is 6.76. The molecule has 0 saturated carbocycles.